The van der Waals surface area contributed by atoms with Gasteiger partial charge in [-0.1, -0.05) is 12.1 Å². The number of rotatable bonds is 5. The number of pyridine rings is 1. The lowest BCUT2D eigenvalue weighted by Crippen LogP contribution is -2.03. The molecule has 0 fully saturated rings. The summed E-state index contributed by atoms with van der Waals surface area (Å²) in [7, 11) is 1.60. The molecule has 2 rings (SSSR count). The third kappa shape index (κ3) is 3.08. The van der Waals surface area contributed by atoms with Gasteiger partial charge in [-0.3, -0.25) is 0 Å². The molecule has 0 saturated heterocycles. The molecule has 0 unspecified atom stereocenters. The van der Waals surface area contributed by atoms with Crippen molar-refractivity contribution in [1.29, 1.82) is 0 Å². The number of aromatic nitrogens is 1. The number of hydrogen-bond acceptors (Lipinski definition) is 4. The van der Waals surface area contributed by atoms with Crippen LogP contribution >= 0.6 is 0 Å². The highest BCUT2D eigenvalue weighted by molar-refractivity contribution is 5.43. The SMILES string of the molecule is COc1ncccc1COc1c(C)cc(CO)cc1C. The standard InChI is InChI=1S/C16H19NO3/c1-11-7-13(9-18)8-12(2)15(11)20-10-14-5-4-6-17-16(14)19-3/h4-8,18H,9-10H2,1-3H3. The van der Waals surface area contributed by atoms with Crippen molar-refractivity contribution in [1.82, 2.24) is 4.98 Å². The Morgan fingerprint density at radius 2 is 1.90 bits per heavy atom. The molecule has 0 bridgehead atoms. The normalized spacial score (nSPS) is 10.4. The van der Waals surface area contributed by atoms with Gasteiger partial charge < -0.3 is 14.6 Å². The molecule has 0 spiro atoms. The van der Waals surface area contributed by atoms with Crippen molar-refractivity contribution in [2.75, 3.05) is 7.11 Å². The second-order valence-corrected chi connectivity index (χ2v) is 4.68. The van der Waals surface area contributed by atoms with Gasteiger partial charge >= 0.3 is 0 Å². The summed E-state index contributed by atoms with van der Waals surface area (Å²) >= 11 is 0. The summed E-state index contributed by atoms with van der Waals surface area (Å²) in [6, 6.07) is 7.65. The molecule has 106 valence electrons. The maximum Gasteiger partial charge on any atom is 0.219 e. The average molecular weight is 273 g/mol. The van der Waals surface area contributed by atoms with E-state index in [-0.39, 0.29) is 6.61 Å². The molecule has 0 aliphatic rings. The summed E-state index contributed by atoms with van der Waals surface area (Å²) in [6.07, 6.45) is 1.69. The molecule has 4 heteroatoms. The van der Waals surface area contributed by atoms with E-state index in [1.807, 2.05) is 38.1 Å². The molecule has 0 atom stereocenters. The van der Waals surface area contributed by atoms with Crippen molar-refractivity contribution in [2.24, 2.45) is 0 Å². The van der Waals surface area contributed by atoms with E-state index in [0.717, 1.165) is 28.0 Å². The van der Waals surface area contributed by atoms with Crippen LogP contribution in [0.4, 0.5) is 0 Å². The zero-order valence-corrected chi connectivity index (χ0v) is 12.0. The van der Waals surface area contributed by atoms with Crippen LogP contribution in [0.25, 0.3) is 0 Å². The Morgan fingerprint density at radius 1 is 1.20 bits per heavy atom. The number of aliphatic hydroxyl groups excluding tert-OH is 1. The van der Waals surface area contributed by atoms with Crippen LogP contribution in [-0.2, 0) is 13.2 Å². The van der Waals surface area contributed by atoms with Crippen molar-refractivity contribution < 1.29 is 14.6 Å². The predicted octanol–water partition coefficient (Wildman–Crippen LogP) is 2.78. The number of benzene rings is 1. The van der Waals surface area contributed by atoms with Crippen molar-refractivity contribution in [3.05, 3.63) is 52.7 Å². The van der Waals surface area contributed by atoms with E-state index >= 15 is 0 Å². The molecule has 0 aliphatic carbocycles. The van der Waals surface area contributed by atoms with E-state index < -0.39 is 0 Å². The number of ether oxygens (including phenoxy) is 2. The van der Waals surface area contributed by atoms with Gasteiger partial charge in [-0.15, -0.1) is 0 Å². The average Bonchev–Trinajstić information content (AvgIpc) is 2.46. The molecule has 0 radical (unpaired) electrons. The van der Waals surface area contributed by atoms with Crippen LogP contribution in [0.3, 0.4) is 0 Å². The van der Waals surface area contributed by atoms with Crippen LogP contribution in [0.5, 0.6) is 11.6 Å². The monoisotopic (exact) mass is 273 g/mol. The fourth-order valence-electron chi connectivity index (χ4n) is 2.23. The van der Waals surface area contributed by atoms with Gasteiger partial charge in [0.25, 0.3) is 0 Å². The maximum absolute atomic E-state index is 9.19. The first-order chi connectivity index (χ1) is 9.65. The predicted molar refractivity (Wildman–Crippen MR) is 77.0 cm³/mol. The Balaban J connectivity index is 2.19. The molecule has 0 amide bonds. The molecule has 1 N–H and O–H groups in total. The summed E-state index contributed by atoms with van der Waals surface area (Å²) in [5.41, 5.74) is 3.82. The van der Waals surface area contributed by atoms with Gasteiger partial charge in [-0.05, 0) is 42.7 Å². The minimum absolute atomic E-state index is 0.0401. The number of aliphatic hydroxyl groups is 1. The second kappa shape index (κ2) is 6.39. The van der Waals surface area contributed by atoms with Gasteiger partial charge in [0, 0.05) is 6.20 Å². The molecule has 1 aromatic heterocycles. The maximum atomic E-state index is 9.19. The molecule has 0 aliphatic heterocycles. The Kier molecular flexibility index (Phi) is 4.58. The highest BCUT2D eigenvalue weighted by Gasteiger charge is 2.09. The molecule has 1 aromatic carbocycles. The lowest BCUT2D eigenvalue weighted by molar-refractivity contribution is 0.279. The fourth-order valence-corrected chi connectivity index (χ4v) is 2.23. The molecule has 0 saturated carbocycles. The largest absolute Gasteiger partial charge is 0.488 e. The molecule has 1 heterocycles. The van der Waals surface area contributed by atoms with E-state index in [4.69, 9.17) is 9.47 Å². The number of aryl methyl sites for hydroxylation is 2. The number of nitrogens with zero attached hydrogens (tertiary/aromatic N) is 1. The Hall–Kier alpha value is -2.07. The Morgan fingerprint density at radius 3 is 2.50 bits per heavy atom. The Labute approximate surface area is 119 Å². The van der Waals surface area contributed by atoms with Gasteiger partial charge in [0.2, 0.25) is 5.88 Å². The first kappa shape index (κ1) is 14.3. The highest BCUT2D eigenvalue weighted by Crippen LogP contribution is 2.26. The summed E-state index contributed by atoms with van der Waals surface area (Å²) in [4.78, 5) is 4.15. The molecular weight excluding hydrogens is 254 g/mol. The molecule has 2 aromatic rings. The van der Waals surface area contributed by atoms with Gasteiger partial charge in [-0.2, -0.15) is 0 Å². The van der Waals surface area contributed by atoms with Crippen LogP contribution in [0.15, 0.2) is 30.5 Å². The number of hydrogen-bond donors (Lipinski definition) is 1. The highest BCUT2D eigenvalue weighted by atomic mass is 16.5. The minimum atomic E-state index is 0.0401. The molecule has 20 heavy (non-hydrogen) atoms. The van der Waals surface area contributed by atoms with E-state index in [9.17, 15) is 5.11 Å². The minimum Gasteiger partial charge on any atom is -0.488 e. The van der Waals surface area contributed by atoms with Crippen LogP contribution in [0.1, 0.15) is 22.3 Å². The quantitative estimate of drug-likeness (QED) is 0.910. The van der Waals surface area contributed by atoms with Crippen molar-refractivity contribution in [3.63, 3.8) is 0 Å². The van der Waals surface area contributed by atoms with Crippen LogP contribution in [0, 0.1) is 13.8 Å². The lowest BCUT2D eigenvalue weighted by Gasteiger charge is -2.14. The Bertz CT molecular complexity index is 573. The summed E-state index contributed by atoms with van der Waals surface area (Å²) in [5, 5.41) is 9.19. The molecular formula is C16H19NO3. The summed E-state index contributed by atoms with van der Waals surface area (Å²) in [5.74, 6) is 1.42. The van der Waals surface area contributed by atoms with E-state index in [2.05, 4.69) is 4.98 Å². The van der Waals surface area contributed by atoms with Crippen molar-refractivity contribution in [2.45, 2.75) is 27.1 Å². The topological polar surface area (TPSA) is 51.6 Å². The van der Waals surface area contributed by atoms with Crippen molar-refractivity contribution >= 4 is 0 Å². The lowest BCUT2D eigenvalue weighted by atomic mass is 10.1. The number of methoxy groups -OCH3 is 1. The van der Waals surface area contributed by atoms with E-state index in [1.165, 1.54) is 0 Å². The third-order valence-electron chi connectivity index (χ3n) is 3.12. The smallest absolute Gasteiger partial charge is 0.219 e. The molecule has 4 nitrogen and oxygen atoms in total. The summed E-state index contributed by atoms with van der Waals surface area (Å²) in [6.45, 7) is 4.39. The van der Waals surface area contributed by atoms with Gasteiger partial charge in [0.1, 0.15) is 12.4 Å². The third-order valence-corrected chi connectivity index (χ3v) is 3.12. The van der Waals surface area contributed by atoms with Gasteiger partial charge in [0.05, 0.1) is 19.3 Å². The van der Waals surface area contributed by atoms with E-state index in [1.54, 1.807) is 13.3 Å². The van der Waals surface area contributed by atoms with Crippen LogP contribution in [0.2, 0.25) is 0 Å². The first-order valence-corrected chi connectivity index (χ1v) is 6.47. The fraction of sp³-hybridized carbons (Fsp3) is 0.312. The van der Waals surface area contributed by atoms with Crippen molar-refractivity contribution in [3.8, 4) is 11.6 Å². The zero-order valence-electron chi connectivity index (χ0n) is 12.0. The van der Waals surface area contributed by atoms with Crippen LogP contribution < -0.4 is 9.47 Å². The van der Waals surface area contributed by atoms with Gasteiger partial charge in [0.15, 0.2) is 0 Å². The summed E-state index contributed by atoms with van der Waals surface area (Å²) < 4.78 is 11.1. The zero-order chi connectivity index (χ0) is 14.5. The second-order valence-electron chi connectivity index (χ2n) is 4.68. The van der Waals surface area contributed by atoms with Gasteiger partial charge in [-0.25, -0.2) is 4.98 Å². The first-order valence-electron chi connectivity index (χ1n) is 6.47. The van der Waals surface area contributed by atoms with E-state index in [0.29, 0.717) is 12.5 Å². The van der Waals surface area contributed by atoms with Crippen LogP contribution in [-0.4, -0.2) is 17.2 Å².